The molecule has 1 aromatic heterocycles. The van der Waals surface area contributed by atoms with E-state index in [0.717, 1.165) is 19.8 Å². The minimum absolute atomic E-state index is 0.0338. The van der Waals surface area contributed by atoms with E-state index in [2.05, 4.69) is 5.32 Å². The number of methoxy groups -OCH3 is 2. The summed E-state index contributed by atoms with van der Waals surface area (Å²) in [6.45, 7) is 1.88. The lowest BCUT2D eigenvalue weighted by Gasteiger charge is -2.45. The predicted octanol–water partition coefficient (Wildman–Crippen LogP) is 4.30. The van der Waals surface area contributed by atoms with Crippen LogP contribution >= 0.6 is 0 Å². The van der Waals surface area contributed by atoms with Crippen molar-refractivity contribution in [2.75, 3.05) is 19.5 Å². The number of nitro benzene ring substituents is 1. The number of hydrogen-bond acceptors (Lipinski definition) is 10. The van der Waals surface area contributed by atoms with Crippen LogP contribution in [0.4, 0.5) is 11.4 Å². The normalized spacial score (nSPS) is 19.7. The van der Waals surface area contributed by atoms with Gasteiger partial charge in [-0.15, -0.1) is 0 Å². The number of aryl methyl sites for hydroxylation is 1. The average Bonchev–Trinajstić information content (AvgIpc) is 2.96. The molecule has 1 aliphatic rings. The molecule has 0 fully saturated rings. The Morgan fingerprint density at radius 1 is 1.00 bits per heavy atom. The molecule has 3 unspecified atom stereocenters. The van der Waals surface area contributed by atoms with Crippen molar-refractivity contribution in [1.82, 2.24) is 0 Å². The van der Waals surface area contributed by atoms with Crippen molar-refractivity contribution in [1.29, 1.82) is 0 Å². The summed E-state index contributed by atoms with van der Waals surface area (Å²) < 4.78 is 22.3. The van der Waals surface area contributed by atoms with Crippen LogP contribution in [0.1, 0.15) is 22.6 Å². The molecule has 3 atom stereocenters. The van der Waals surface area contributed by atoms with E-state index in [1.807, 2.05) is 6.92 Å². The molecule has 0 spiro atoms. The van der Waals surface area contributed by atoms with Gasteiger partial charge >= 0.3 is 17.6 Å². The Kier molecular flexibility index (Phi) is 6.72. The highest BCUT2D eigenvalue weighted by Gasteiger charge is 2.62. The maximum atomic E-state index is 13.7. The Labute approximate surface area is 227 Å². The van der Waals surface area contributed by atoms with Gasteiger partial charge < -0.3 is 23.9 Å². The van der Waals surface area contributed by atoms with Crippen LogP contribution in [0.5, 0.6) is 5.75 Å². The van der Waals surface area contributed by atoms with Gasteiger partial charge in [0.2, 0.25) is 0 Å². The number of para-hydroxylation sites is 1. The van der Waals surface area contributed by atoms with E-state index in [-0.39, 0.29) is 28.1 Å². The summed E-state index contributed by atoms with van der Waals surface area (Å²) in [5.41, 5.74) is -1.78. The van der Waals surface area contributed by atoms with Gasteiger partial charge in [0.05, 0.1) is 30.1 Å². The van der Waals surface area contributed by atoms with Crippen LogP contribution in [-0.4, -0.2) is 36.8 Å². The van der Waals surface area contributed by atoms with Crippen molar-refractivity contribution in [2.45, 2.75) is 18.6 Å². The van der Waals surface area contributed by atoms with E-state index in [4.69, 9.17) is 18.6 Å². The highest BCUT2D eigenvalue weighted by Crippen LogP contribution is 2.50. The van der Waals surface area contributed by atoms with Crippen LogP contribution in [-0.2, 0) is 19.1 Å². The number of nitro groups is 1. The molecule has 3 aromatic carbocycles. The summed E-state index contributed by atoms with van der Waals surface area (Å²) in [6, 6.07) is 18.9. The van der Waals surface area contributed by atoms with Gasteiger partial charge in [-0.1, -0.05) is 42.0 Å². The van der Waals surface area contributed by atoms with Gasteiger partial charge in [0, 0.05) is 23.7 Å². The molecule has 0 saturated heterocycles. The van der Waals surface area contributed by atoms with Crippen molar-refractivity contribution in [2.24, 2.45) is 5.92 Å². The van der Waals surface area contributed by atoms with Gasteiger partial charge in [-0.25, -0.2) is 9.59 Å². The second-order valence-electron chi connectivity index (χ2n) is 9.28. The number of ether oxygens (including phenoxy) is 3. The quantitative estimate of drug-likeness (QED) is 0.161. The number of nitrogens with one attached hydrogen (secondary N) is 1. The monoisotopic (exact) mass is 544 g/mol. The summed E-state index contributed by atoms with van der Waals surface area (Å²) in [4.78, 5) is 51.9. The Morgan fingerprint density at radius 3 is 2.40 bits per heavy atom. The zero-order valence-electron chi connectivity index (χ0n) is 21.7. The average molecular weight is 545 g/mol. The fourth-order valence-corrected chi connectivity index (χ4v) is 5.09. The molecule has 4 aromatic rings. The van der Waals surface area contributed by atoms with E-state index in [1.54, 1.807) is 48.5 Å². The Hall–Kier alpha value is -5.19. The maximum Gasteiger partial charge on any atom is 0.373 e. The standard InChI is InChI=1S/C29H24N2O9/c1-16-11-13-18(14-12-16)30-29(28(34)38-3)24(27(33)37-2)22(17-7-6-8-19(15-17)31(35)36)23-25(40-29)20-9-4-5-10-21(20)39-26(23)32/h4-15,22,24,30H,1-3H3. The van der Waals surface area contributed by atoms with Gasteiger partial charge in [-0.3, -0.25) is 14.9 Å². The molecular formula is C29H24N2O9. The number of nitrogens with zero attached hydrogens (tertiary/aromatic N) is 1. The first-order valence-corrected chi connectivity index (χ1v) is 12.2. The largest absolute Gasteiger partial charge is 0.469 e. The van der Waals surface area contributed by atoms with Gasteiger partial charge in [0.25, 0.3) is 11.4 Å². The van der Waals surface area contributed by atoms with Crippen LogP contribution in [0.25, 0.3) is 11.0 Å². The van der Waals surface area contributed by atoms with Crippen LogP contribution in [0.3, 0.4) is 0 Å². The molecule has 11 heteroatoms. The third kappa shape index (κ3) is 4.31. The van der Waals surface area contributed by atoms with Crippen molar-refractivity contribution >= 4 is 34.3 Å². The number of carbonyl (C=O) groups excluding carboxylic acids is 2. The minimum Gasteiger partial charge on any atom is -0.469 e. The van der Waals surface area contributed by atoms with Gasteiger partial charge in [0.1, 0.15) is 17.3 Å². The molecule has 0 aliphatic carbocycles. The maximum absolute atomic E-state index is 13.7. The van der Waals surface area contributed by atoms with E-state index >= 15 is 0 Å². The number of hydrogen-bond donors (Lipinski definition) is 1. The molecule has 1 N–H and O–H groups in total. The SMILES string of the molecule is COC(=O)C1C(c2cccc([N+](=O)[O-])c2)c2c(c3ccccc3oc2=O)OC1(Nc1ccc(C)cc1)C(=O)OC. The second kappa shape index (κ2) is 10.2. The van der Waals surface area contributed by atoms with E-state index in [0.29, 0.717) is 11.1 Å². The molecule has 0 amide bonds. The number of benzene rings is 3. The lowest BCUT2D eigenvalue weighted by Crippen LogP contribution is -2.64. The number of fused-ring (bicyclic) bond motifs is 3. The molecule has 0 radical (unpaired) electrons. The first-order valence-electron chi connectivity index (χ1n) is 12.2. The third-order valence-corrected chi connectivity index (χ3v) is 6.91. The van der Waals surface area contributed by atoms with Gasteiger partial charge in [0.15, 0.2) is 0 Å². The molecule has 11 nitrogen and oxygen atoms in total. The minimum atomic E-state index is -2.27. The molecule has 204 valence electrons. The van der Waals surface area contributed by atoms with Gasteiger partial charge in [-0.05, 0) is 36.8 Å². The fourth-order valence-electron chi connectivity index (χ4n) is 5.09. The molecule has 40 heavy (non-hydrogen) atoms. The number of non-ortho nitro benzene ring substituents is 1. The second-order valence-corrected chi connectivity index (χ2v) is 9.28. The summed E-state index contributed by atoms with van der Waals surface area (Å²) in [5, 5.41) is 15.0. The zero-order valence-corrected chi connectivity index (χ0v) is 21.7. The summed E-state index contributed by atoms with van der Waals surface area (Å²) in [7, 11) is 2.26. The molecule has 5 rings (SSSR count). The van der Waals surface area contributed by atoms with E-state index < -0.39 is 40.0 Å². The lowest BCUT2D eigenvalue weighted by atomic mass is 9.72. The Bertz CT molecular complexity index is 1700. The van der Waals surface area contributed by atoms with Crippen LogP contribution in [0.2, 0.25) is 0 Å². The summed E-state index contributed by atoms with van der Waals surface area (Å²) in [6.07, 6.45) is 0. The number of carbonyl (C=O) groups is 2. The van der Waals surface area contributed by atoms with Crippen molar-refractivity contribution < 1.29 is 33.1 Å². The first-order chi connectivity index (χ1) is 19.2. The highest BCUT2D eigenvalue weighted by atomic mass is 16.6. The Balaban J connectivity index is 1.90. The van der Waals surface area contributed by atoms with Crippen molar-refractivity contribution in [3.63, 3.8) is 0 Å². The lowest BCUT2D eigenvalue weighted by molar-refractivity contribution is -0.384. The smallest absolute Gasteiger partial charge is 0.373 e. The van der Waals surface area contributed by atoms with E-state index in [9.17, 15) is 24.5 Å². The molecule has 0 bridgehead atoms. The van der Waals surface area contributed by atoms with Crippen LogP contribution in [0.15, 0.2) is 82.0 Å². The molecule has 1 aliphatic heterocycles. The molecular weight excluding hydrogens is 520 g/mol. The summed E-state index contributed by atoms with van der Waals surface area (Å²) in [5.74, 6) is -4.83. The third-order valence-electron chi connectivity index (χ3n) is 6.91. The fraction of sp³-hybridized carbons (Fsp3) is 0.207. The Morgan fingerprint density at radius 2 is 1.73 bits per heavy atom. The van der Waals surface area contributed by atoms with Crippen LogP contribution < -0.4 is 15.7 Å². The number of esters is 2. The zero-order chi connectivity index (χ0) is 28.6. The number of rotatable bonds is 6. The van der Waals surface area contributed by atoms with Gasteiger partial charge in [-0.2, -0.15) is 0 Å². The first kappa shape index (κ1) is 26.4. The summed E-state index contributed by atoms with van der Waals surface area (Å²) >= 11 is 0. The molecule has 0 saturated carbocycles. The van der Waals surface area contributed by atoms with Crippen LogP contribution in [0, 0.1) is 23.0 Å². The molecule has 2 heterocycles. The van der Waals surface area contributed by atoms with E-state index in [1.165, 1.54) is 24.3 Å². The highest BCUT2D eigenvalue weighted by molar-refractivity contribution is 5.95. The predicted molar refractivity (Wildman–Crippen MR) is 143 cm³/mol. The van der Waals surface area contributed by atoms with Crippen molar-refractivity contribution in [3.8, 4) is 5.75 Å². The van der Waals surface area contributed by atoms with Crippen molar-refractivity contribution in [3.05, 3.63) is 110 Å². The number of anilines is 1. The topological polar surface area (TPSA) is 147 Å².